The van der Waals surface area contributed by atoms with E-state index >= 15 is 0 Å². The molecule has 0 spiro atoms. The summed E-state index contributed by atoms with van der Waals surface area (Å²) in [7, 11) is 0. The zero-order chi connectivity index (χ0) is 18.6. The molecule has 1 heterocycles. The van der Waals surface area contributed by atoms with Gasteiger partial charge in [-0.15, -0.1) is 0 Å². The molecule has 0 aliphatic heterocycles. The summed E-state index contributed by atoms with van der Waals surface area (Å²) in [5.41, 5.74) is 3.97. The SMILES string of the molecule is CC(=O)c1c(C)nn(CC(=O)N[C@@H](CCO)c2ccc(C)cc2)c1C. The number of hydrogen-bond acceptors (Lipinski definition) is 4. The highest BCUT2D eigenvalue weighted by atomic mass is 16.3. The minimum Gasteiger partial charge on any atom is -0.396 e. The monoisotopic (exact) mass is 343 g/mol. The molecule has 0 bridgehead atoms. The normalized spacial score (nSPS) is 12.0. The van der Waals surface area contributed by atoms with Gasteiger partial charge in [-0.3, -0.25) is 14.3 Å². The van der Waals surface area contributed by atoms with Crippen LogP contribution in [-0.4, -0.2) is 33.2 Å². The van der Waals surface area contributed by atoms with E-state index in [2.05, 4.69) is 10.4 Å². The maximum atomic E-state index is 12.4. The van der Waals surface area contributed by atoms with Crippen molar-refractivity contribution in [2.24, 2.45) is 0 Å². The Morgan fingerprint density at radius 3 is 2.36 bits per heavy atom. The summed E-state index contributed by atoms with van der Waals surface area (Å²) >= 11 is 0. The average molecular weight is 343 g/mol. The molecule has 2 N–H and O–H groups in total. The summed E-state index contributed by atoms with van der Waals surface area (Å²) in [5.74, 6) is -0.265. The van der Waals surface area contributed by atoms with Crippen LogP contribution in [0.1, 0.15) is 52.3 Å². The lowest BCUT2D eigenvalue weighted by molar-refractivity contribution is -0.122. The van der Waals surface area contributed by atoms with Crippen molar-refractivity contribution >= 4 is 11.7 Å². The molecule has 1 aromatic carbocycles. The topological polar surface area (TPSA) is 84.2 Å². The smallest absolute Gasteiger partial charge is 0.242 e. The van der Waals surface area contributed by atoms with Crippen LogP contribution < -0.4 is 5.32 Å². The van der Waals surface area contributed by atoms with Crippen LogP contribution in [0.3, 0.4) is 0 Å². The molecule has 0 aliphatic rings. The van der Waals surface area contributed by atoms with Crippen molar-refractivity contribution in [2.75, 3.05) is 6.61 Å². The second-order valence-electron chi connectivity index (χ2n) is 6.30. The van der Waals surface area contributed by atoms with Crippen molar-refractivity contribution in [3.05, 3.63) is 52.3 Å². The van der Waals surface area contributed by atoms with Crippen LogP contribution in [0.15, 0.2) is 24.3 Å². The molecule has 25 heavy (non-hydrogen) atoms. The molecule has 0 fully saturated rings. The van der Waals surface area contributed by atoms with E-state index in [1.165, 1.54) is 6.92 Å². The summed E-state index contributed by atoms with van der Waals surface area (Å²) in [6.45, 7) is 7.06. The van der Waals surface area contributed by atoms with Gasteiger partial charge in [0.1, 0.15) is 6.54 Å². The van der Waals surface area contributed by atoms with Crippen molar-refractivity contribution in [3.63, 3.8) is 0 Å². The van der Waals surface area contributed by atoms with Gasteiger partial charge in [0.05, 0.1) is 17.3 Å². The molecule has 0 aliphatic carbocycles. The van der Waals surface area contributed by atoms with E-state index in [0.717, 1.165) is 11.1 Å². The predicted octanol–water partition coefficient (Wildman–Crippen LogP) is 2.25. The lowest BCUT2D eigenvalue weighted by Crippen LogP contribution is -2.32. The number of carbonyl (C=O) groups excluding carboxylic acids is 2. The first-order valence-corrected chi connectivity index (χ1v) is 8.35. The summed E-state index contributed by atoms with van der Waals surface area (Å²) in [6.07, 6.45) is 0.435. The summed E-state index contributed by atoms with van der Waals surface area (Å²) < 4.78 is 1.55. The first-order valence-electron chi connectivity index (χ1n) is 8.35. The van der Waals surface area contributed by atoms with Gasteiger partial charge in [-0.05, 0) is 39.7 Å². The summed E-state index contributed by atoms with van der Waals surface area (Å²) in [4.78, 5) is 24.1. The fourth-order valence-corrected chi connectivity index (χ4v) is 2.99. The number of aliphatic hydroxyl groups excluding tert-OH is 1. The number of aryl methyl sites for hydroxylation is 2. The Kier molecular flexibility index (Phi) is 6.09. The van der Waals surface area contributed by atoms with Gasteiger partial charge in [0.15, 0.2) is 5.78 Å². The van der Waals surface area contributed by atoms with Crippen LogP contribution in [0.2, 0.25) is 0 Å². The van der Waals surface area contributed by atoms with E-state index in [1.807, 2.05) is 31.2 Å². The molecule has 1 aromatic heterocycles. The van der Waals surface area contributed by atoms with Gasteiger partial charge in [-0.25, -0.2) is 0 Å². The number of benzene rings is 1. The lowest BCUT2D eigenvalue weighted by Gasteiger charge is -2.19. The Hall–Kier alpha value is -2.47. The molecule has 6 nitrogen and oxygen atoms in total. The van der Waals surface area contributed by atoms with Crippen LogP contribution >= 0.6 is 0 Å². The fourth-order valence-electron chi connectivity index (χ4n) is 2.99. The van der Waals surface area contributed by atoms with Crippen molar-refractivity contribution < 1.29 is 14.7 Å². The average Bonchev–Trinajstić information content (AvgIpc) is 2.81. The third-order valence-electron chi connectivity index (χ3n) is 4.26. The van der Waals surface area contributed by atoms with Crippen molar-refractivity contribution in [1.82, 2.24) is 15.1 Å². The first-order chi connectivity index (χ1) is 11.8. The number of amides is 1. The minimum absolute atomic E-state index is 0.0206. The van der Waals surface area contributed by atoms with Crippen LogP contribution in [0.5, 0.6) is 0 Å². The van der Waals surface area contributed by atoms with E-state index in [4.69, 9.17) is 0 Å². The summed E-state index contributed by atoms with van der Waals surface area (Å²) in [6, 6.07) is 7.60. The van der Waals surface area contributed by atoms with Crippen LogP contribution in [0, 0.1) is 20.8 Å². The molecule has 2 aromatic rings. The minimum atomic E-state index is -0.262. The maximum Gasteiger partial charge on any atom is 0.242 e. The number of rotatable bonds is 7. The molecule has 0 radical (unpaired) electrons. The van der Waals surface area contributed by atoms with Gasteiger partial charge in [0.25, 0.3) is 0 Å². The molecular weight excluding hydrogens is 318 g/mol. The largest absolute Gasteiger partial charge is 0.396 e. The predicted molar refractivity (Wildman–Crippen MR) is 95.5 cm³/mol. The van der Waals surface area contributed by atoms with Gasteiger partial charge in [0, 0.05) is 12.3 Å². The third kappa shape index (κ3) is 4.54. The Morgan fingerprint density at radius 2 is 1.84 bits per heavy atom. The molecule has 0 saturated carbocycles. The number of ketones is 1. The first kappa shape index (κ1) is 18.9. The van der Waals surface area contributed by atoms with E-state index in [1.54, 1.807) is 18.5 Å². The number of Topliss-reactive ketones (excluding diaryl/α,β-unsaturated/α-hetero) is 1. The van der Waals surface area contributed by atoms with Gasteiger partial charge in [0.2, 0.25) is 5.91 Å². The van der Waals surface area contributed by atoms with Crippen molar-refractivity contribution in [2.45, 2.75) is 46.7 Å². The standard InChI is InChI=1S/C19H25N3O3/c1-12-5-7-16(8-6-12)17(9-10-23)20-18(25)11-22-14(3)19(15(4)24)13(2)21-22/h5-8,17,23H,9-11H2,1-4H3,(H,20,25)/t17-/m0/s1. The number of carbonyl (C=O) groups is 2. The van der Waals surface area contributed by atoms with Gasteiger partial charge in [-0.1, -0.05) is 29.8 Å². The second kappa shape index (κ2) is 8.07. The highest BCUT2D eigenvalue weighted by Crippen LogP contribution is 2.18. The Bertz CT molecular complexity index is 763. The quantitative estimate of drug-likeness (QED) is 0.755. The number of aromatic nitrogens is 2. The van der Waals surface area contributed by atoms with Crippen molar-refractivity contribution in [1.29, 1.82) is 0 Å². The Morgan fingerprint density at radius 1 is 1.20 bits per heavy atom. The molecule has 1 amide bonds. The molecular formula is C19H25N3O3. The van der Waals surface area contributed by atoms with E-state index < -0.39 is 0 Å². The van der Waals surface area contributed by atoms with Crippen LogP contribution in [-0.2, 0) is 11.3 Å². The molecule has 0 unspecified atom stereocenters. The van der Waals surface area contributed by atoms with Crippen LogP contribution in [0.25, 0.3) is 0 Å². The Labute approximate surface area is 147 Å². The highest BCUT2D eigenvalue weighted by molar-refractivity contribution is 5.96. The number of nitrogens with zero attached hydrogens (tertiary/aromatic N) is 2. The van der Waals surface area contributed by atoms with Gasteiger partial charge < -0.3 is 10.4 Å². The number of nitrogens with one attached hydrogen (secondary N) is 1. The van der Waals surface area contributed by atoms with Gasteiger partial charge >= 0.3 is 0 Å². The zero-order valence-electron chi connectivity index (χ0n) is 15.2. The molecule has 1 atom stereocenters. The maximum absolute atomic E-state index is 12.4. The highest BCUT2D eigenvalue weighted by Gasteiger charge is 2.19. The van der Waals surface area contributed by atoms with Gasteiger partial charge in [-0.2, -0.15) is 5.10 Å². The molecule has 6 heteroatoms. The second-order valence-corrected chi connectivity index (χ2v) is 6.30. The lowest BCUT2D eigenvalue weighted by atomic mass is 10.0. The van der Waals surface area contributed by atoms with E-state index in [-0.39, 0.29) is 30.9 Å². The van der Waals surface area contributed by atoms with Crippen LogP contribution in [0.4, 0.5) is 0 Å². The fraction of sp³-hybridized carbons (Fsp3) is 0.421. The third-order valence-corrected chi connectivity index (χ3v) is 4.26. The molecule has 2 rings (SSSR count). The number of hydrogen-bond donors (Lipinski definition) is 2. The zero-order valence-corrected chi connectivity index (χ0v) is 15.2. The van der Waals surface area contributed by atoms with E-state index in [9.17, 15) is 14.7 Å². The molecule has 134 valence electrons. The van der Waals surface area contributed by atoms with Crippen molar-refractivity contribution in [3.8, 4) is 0 Å². The summed E-state index contributed by atoms with van der Waals surface area (Å²) in [5, 5.41) is 16.5. The Balaban J connectivity index is 2.13. The molecule has 0 saturated heterocycles. The number of aliphatic hydroxyl groups is 1. The van der Waals surface area contributed by atoms with E-state index in [0.29, 0.717) is 23.4 Å².